The van der Waals surface area contributed by atoms with Crippen molar-refractivity contribution in [2.75, 3.05) is 11.5 Å². The number of sulfone groups is 1. The molecule has 0 aliphatic rings. The molecule has 0 aliphatic carbocycles. The lowest BCUT2D eigenvalue weighted by Gasteiger charge is -2.15. The molecule has 0 radical (unpaired) electrons. The topological polar surface area (TPSA) is 101 Å². The summed E-state index contributed by atoms with van der Waals surface area (Å²) in [4.78, 5) is 21.1. The number of rotatable bonds is 6. The van der Waals surface area contributed by atoms with E-state index in [4.69, 9.17) is 5.11 Å². The zero-order valence-corrected chi connectivity index (χ0v) is 10.1. The molecule has 0 saturated carbocycles. The van der Waals surface area contributed by atoms with Crippen molar-refractivity contribution in [3.05, 3.63) is 0 Å². The summed E-state index contributed by atoms with van der Waals surface area (Å²) in [6.45, 7) is 1.32. The van der Waals surface area contributed by atoms with Crippen LogP contribution in [-0.4, -0.2) is 49.1 Å². The minimum absolute atomic E-state index is 0.257. The Kier molecular flexibility index (Phi) is 5.58. The summed E-state index contributed by atoms with van der Waals surface area (Å²) in [6.07, 6.45) is -5.83. The summed E-state index contributed by atoms with van der Waals surface area (Å²) >= 11 is 0. The van der Waals surface area contributed by atoms with Gasteiger partial charge in [-0.1, -0.05) is 6.92 Å². The van der Waals surface area contributed by atoms with Crippen LogP contribution in [-0.2, 0) is 19.4 Å². The lowest BCUT2D eigenvalue weighted by Crippen LogP contribution is -2.47. The Hall–Kier alpha value is -1.32. The molecule has 0 saturated heterocycles. The van der Waals surface area contributed by atoms with Gasteiger partial charge in [-0.25, -0.2) is 13.2 Å². The molecule has 10 heteroatoms. The quantitative estimate of drug-likeness (QED) is 0.714. The van der Waals surface area contributed by atoms with Crippen LogP contribution in [0.15, 0.2) is 0 Å². The Morgan fingerprint density at radius 3 is 2.17 bits per heavy atom. The van der Waals surface area contributed by atoms with Gasteiger partial charge in [-0.3, -0.25) is 4.79 Å². The van der Waals surface area contributed by atoms with Crippen LogP contribution in [0.4, 0.5) is 13.2 Å². The van der Waals surface area contributed by atoms with Crippen molar-refractivity contribution in [2.24, 2.45) is 0 Å². The number of carboxylic acid groups (broad SMARTS) is 1. The lowest BCUT2D eigenvalue weighted by molar-refractivity contribution is -0.175. The van der Waals surface area contributed by atoms with Gasteiger partial charge < -0.3 is 10.4 Å². The monoisotopic (exact) mass is 291 g/mol. The molecule has 18 heavy (non-hydrogen) atoms. The van der Waals surface area contributed by atoms with E-state index in [1.165, 1.54) is 12.2 Å². The highest BCUT2D eigenvalue weighted by atomic mass is 32.2. The predicted octanol–water partition coefficient (Wildman–Crippen LogP) is -0.0571. The molecule has 0 heterocycles. The smallest absolute Gasteiger partial charge is 0.471 e. The number of hydrogen-bond donors (Lipinski definition) is 2. The van der Waals surface area contributed by atoms with Crippen molar-refractivity contribution < 1.29 is 36.3 Å². The molecule has 0 aromatic carbocycles. The maximum absolute atomic E-state index is 11.9. The van der Waals surface area contributed by atoms with Gasteiger partial charge in [0.05, 0.1) is 5.75 Å². The normalized spacial score (nSPS) is 14.0. The fourth-order valence-corrected chi connectivity index (χ4v) is 1.82. The van der Waals surface area contributed by atoms with Crippen molar-refractivity contribution in [3.63, 3.8) is 0 Å². The van der Waals surface area contributed by atoms with Gasteiger partial charge in [-0.05, 0) is 6.42 Å². The Morgan fingerprint density at radius 1 is 1.33 bits per heavy atom. The molecule has 1 atom stereocenters. The number of carboxylic acids is 1. The highest BCUT2D eigenvalue weighted by molar-refractivity contribution is 7.91. The summed E-state index contributed by atoms with van der Waals surface area (Å²) < 4.78 is 57.8. The summed E-state index contributed by atoms with van der Waals surface area (Å²) in [6, 6.07) is -1.89. The van der Waals surface area contributed by atoms with Crippen LogP contribution in [0.2, 0.25) is 0 Å². The average Bonchev–Trinajstić information content (AvgIpc) is 2.22. The number of amides is 1. The molecule has 0 aliphatic heterocycles. The Labute approximate surface area is 101 Å². The summed E-state index contributed by atoms with van der Waals surface area (Å²) in [5.41, 5.74) is 0. The first kappa shape index (κ1) is 16.7. The van der Waals surface area contributed by atoms with Crippen molar-refractivity contribution in [2.45, 2.75) is 25.6 Å². The van der Waals surface area contributed by atoms with E-state index in [0.29, 0.717) is 0 Å². The van der Waals surface area contributed by atoms with Crippen molar-refractivity contribution in [1.82, 2.24) is 5.32 Å². The molecule has 0 bridgehead atoms. The first-order valence-electron chi connectivity index (χ1n) is 4.80. The Morgan fingerprint density at radius 2 is 1.83 bits per heavy atom. The van der Waals surface area contributed by atoms with Crippen LogP contribution < -0.4 is 5.32 Å². The lowest BCUT2D eigenvalue weighted by atomic mass is 10.2. The van der Waals surface area contributed by atoms with Crippen molar-refractivity contribution in [1.29, 1.82) is 0 Å². The minimum atomic E-state index is -5.21. The second-order valence-electron chi connectivity index (χ2n) is 3.39. The molecule has 0 aromatic rings. The third kappa shape index (κ3) is 5.84. The molecule has 2 N–H and O–H groups in total. The van der Waals surface area contributed by atoms with Gasteiger partial charge in [0.25, 0.3) is 0 Å². The first-order valence-corrected chi connectivity index (χ1v) is 6.62. The fraction of sp³-hybridized carbons (Fsp3) is 0.750. The zero-order chi connectivity index (χ0) is 14.6. The van der Waals surface area contributed by atoms with E-state index in [0.717, 1.165) is 0 Å². The number of alkyl halides is 3. The first-order chi connectivity index (χ1) is 7.99. The van der Waals surface area contributed by atoms with Crippen LogP contribution in [0.1, 0.15) is 13.3 Å². The zero-order valence-electron chi connectivity index (χ0n) is 9.32. The molecule has 0 aromatic heterocycles. The van der Waals surface area contributed by atoms with Crippen molar-refractivity contribution in [3.8, 4) is 0 Å². The molecule has 1 unspecified atom stereocenters. The van der Waals surface area contributed by atoms with Crippen LogP contribution in [0.3, 0.4) is 0 Å². The number of carbonyl (C=O) groups excluding carboxylic acids is 1. The second-order valence-corrected chi connectivity index (χ2v) is 5.86. The molecule has 1 amide bonds. The van der Waals surface area contributed by atoms with Gasteiger partial charge >= 0.3 is 18.1 Å². The number of nitrogens with one attached hydrogen (secondary N) is 1. The highest BCUT2D eigenvalue weighted by Gasteiger charge is 2.40. The molecule has 0 spiro atoms. The van der Waals surface area contributed by atoms with Crippen LogP contribution in [0, 0.1) is 0 Å². The van der Waals surface area contributed by atoms with Crippen LogP contribution in [0.5, 0.6) is 0 Å². The molecule has 6 nitrogen and oxygen atoms in total. The molecular weight excluding hydrogens is 279 g/mol. The number of hydrogen-bond acceptors (Lipinski definition) is 4. The Balaban J connectivity index is 4.62. The van der Waals surface area contributed by atoms with E-state index in [2.05, 4.69) is 0 Å². The number of aliphatic carboxylic acids is 1. The maximum Gasteiger partial charge on any atom is 0.471 e. The van der Waals surface area contributed by atoms with Gasteiger partial charge in [0.15, 0.2) is 0 Å². The van der Waals surface area contributed by atoms with E-state index >= 15 is 0 Å². The van der Waals surface area contributed by atoms with E-state index < -0.39 is 46.1 Å². The Bertz CT molecular complexity index is 417. The van der Waals surface area contributed by atoms with Gasteiger partial charge in [0, 0.05) is 5.75 Å². The van der Waals surface area contributed by atoms with E-state index in [9.17, 15) is 31.2 Å². The summed E-state index contributed by atoms with van der Waals surface area (Å²) in [7, 11) is -3.52. The third-order valence-electron chi connectivity index (χ3n) is 2.02. The summed E-state index contributed by atoms with van der Waals surface area (Å²) in [5, 5.41) is 9.81. The maximum atomic E-state index is 11.9. The average molecular weight is 291 g/mol. The predicted molar refractivity (Wildman–Crippen MR) is 54.6 cm³/mol. The largest absolute Gasteiger partial charge is 0.480 e. The van der Waals surface area contributed by atoms with Gasteiger partial charge in [0.2, 0.25) is 0 Å². The van der Waals surface area contributed by atoms with Gasteiger partial charge in [0.1, 0.15) is 15.9 Å². The van der Waals surface area contributed by atoms with Crippen molar-refractivity contribution >= 4 is 21.7 Å². The van der Waals surface area contributed by atoms with Gasteiger partial charge in [-0.2, -0.15) is 13.2 Å². The highest BCUT2D eigenvalue weighted by Crippen LogP contribution is 2.15. The number of carbonyl (C=O) groups is 2. The van der Waals surface area contributed by atoms with E-state index in [-0.39, 0.29) is 5.75 Å². The molecular formula is C8H12F3NO5S. The third-order valence-corrected chi connectivity index (χ3v) is 3.76. The SMILES string of the molecule is CCS(=O)(=O)CCC(NC(=O)C(F)(F)F)C(=O)O. The van der Waals surface area contributed by atoms with Crippen LogP contribution in [0.25, 0.3) is 0 Å². The standard InChI is InChI=1S/C8H12F3NO5S/c1-2-18(16,17)4-3-5(6(13)14)12-7(15)8(9,10)11/h5H,2-4H2,1H3,(H,12,15)(H,13,14). The molecule has 0 rings (SSSR count). The van der Waals surface area contributed by atoms with E-state index in [1.807, 2.05) is 0 Å². The van der Waals surface area contributed by atoms with Gasteiger partial charge in [-0.15, -0.1) is 0 Å². The second kappa shape index (κ2) is 6.03. The molecule has 0 fully saturated rings. The van der Waals surface area contributed by atoms with Crippen LogP contribution >= 0.6 is 0 Å². The fourth-order valence-electron chi connectivity index (χ4n) is 0.939. The van der Waals surface area contributed by atoms with E-state index in [1.54, 1.807) is 0 Å². The minimum Gasteiger partial charge on any atom is -0.480 e. The number of halogens is 3. The summed E-state index contributed by atoms with van der Waals surface area (Å²) in [5.74, 6) is -5.01. The molecule has 106 valence electrons.